The Kier molecular flexibility index (Phi) is 13.3. The van der Waals surface area contributed by atoms with Gasteiger partial charge in [0.2, 0.25) is 11.8 Å². The highest BCUT2D eigenvalue weighted by molar-refractivity contribution is 8.02. The van der Waals surface area contributed by atoms with Crippen molar-refractivity contribution in [1.82, 2.24) is 9.34 Å². The number of hydrazone groups is 1. The first kappa shape index (κ1) is 38.5. The van der Waals surface area contributed by atoms with Crippen molar-refractivity contribution in [1.29, 1.82) is 0 Å². The lowest BCUT2D eigenvalue weighted by Crippen LogP contribution is -2.49. The minimum Gasteiger partial charge on any atom is -0.497 e. The second-order valence-electron chi connectivity index (χ2n) is 14.0. The van der Waals surface area contributed by atoms with Gasteiger partial charge in [-0.25, -0.2) is 0 Å². The highest BCUT2D eigenvalue weighted by atomic mass is 32.4. The van der Waals surface area contributed by atoms with Gasteiger partial charge in [0.05, 0.1) is 20.4 Å². The molecule has 0 radical (unpaired) electrons. The average molecular weight is 735 g/mol. The fourth-order valence-electron chi connectivity index (χ4n) is 4.62. The van der Waals surface area contributed by atoms with Crippen LogP contribution < -0.4 is 9.26 Å². The average Bonchev–Trinajstić information content (AvgIpc) is 2.94. The third-order valence-corrected chi connectivity index (χ3v) is 18.4. The fourth-order valence-corrected chi connectivity index (χ4v) is 16.9. The molecule has 0 heterocycles. The molecule has 0 aromatic heterocycles. The van der Waals surface area contributed by atoms with Crippen molar-refractivity contribution in [3.8, 4) is 11.5 Å². The quantitative estimate of drug-likeness (QED) is 0.0624. The van der Waals surface area contributed by atoms with Crippen molar-refractivity contribution in [2.24, 2.45) is 5.10 Å². The number of hydrogen-bond acceptors (Lipinski definition) is 8. The molecule has 3 aromatic carbocycles. The summed E-state index contributed by atoms with van der Waals surface area (Å²) in [4.78, 5) is 0. The summed E-state index contributed by atoms with van der Waals surface area (Å²) in [6.45, 7) is 19.9. The van der Waals surface area contributed by atoms with Crippen LogP contribution in [0.3, 0.4) is 0 Å². The highest BCUT2D eigenvalue weighted by Gasteiger charge is 2.49. The van der Waals surface area contributed by atoms with Crippen LogP contribution >= 0.6 is 14.7 Å². The number of ether oxygens (including phenoxy) is 1. The van der Waals surface area contributed by atoms with Crippen molar-refractivity contribution in [3.63, 3.8) is 0 Å². The molecular weight excluding hydrogens is 685 g/mol. The Balaban J connectivity index is 1.98. The molecule has 2 atom stereocenters. The predicted molar refractivity (Wildman–Crippen MR) is 204 cm³/mol. The van der Waals surface area contributed by atoms with Gasteiger partial charge in [-0.2, -0.15) is 0 Å². The summed E-state index contributed by atoms with van der Waals surface area (Å²) in [5.74, 6) is 0.812. The van der Waals surface area contributed by atoms with Gasteiger partial charge < -0.3 is 17.7 Å². The van der Waals surface area contributed by atoms with Gasteiger partial charge in [-0.05, 0) is 92.4 Å². The normalized spacial score (nSPS) is 14.0. The zero-order valence-electron chi connectivity index (χ0n) is 29.1. The van der Waals surface area contributed by atoms with Crippen LogP contribution in [0.4, 0.5) is 0 Å². The zero-order chi connectivity index (χ0) is 34.3. The van der Waals surface area contributed by atoms with Crippen molar-refractivity contribution in [2.45, 2.75) is 71.3 Å². The molecule has 0 aliphatic heterocycles. The van der Waals surface area contributed by atoms with Crippen molar-refractivity contribution >= 4 is 57.6 Å². The van der Waals surface area contributed by atoms with E-state index in [2.05, 4.69) is 80.7 Å². The maximum absolute atomic E-state index is 15.3. The van der Waals surface area contributed by atoms with Crippen LogP contribution in [0.2, 0.25) is 58.9 Å². The molecule has 0 aliphatic carbocycles. The third kappa shape index (κ3) is 11.9. The Morgan fingerprint density at radius 2 is 1.35 bits per heavy atom. The van der Waals surface area contributed by atoms with Crippen molar-refractivity contribution in [2.75, 3.05) is 14.2 Å². The Morgan fingerprint density at radius 1 is 0.826 bits per heavy atom. The summed E-state index contributed by atoms with van der Waals surface area (Å²) in [7, 11) is -8.46. The van der Waals surface area contributed by atoms with Crippen molar-refractivity contribution in [3.05, 3.63) is 95.6 Å². The van der Waals surface area contributed by atoms with Crippen LogP contribution in [0.5, 0.6) is 11.5 Å². The lowest BCUT2D eigenvalue weighted by Gasteiger charge is -2.46. The van der Waals surface area contributed by atoms with E-state index in [9.17, 15) is 0 Å². The Labute approximate surface area is 285 Å². The first-order chi connectivity index (χ1) is 21.3. The summed E-state index contributed by atoms with van der Waals surface area (Å²) in [5, 5.41) is 4.49. The fraction of sp³-hybridized carbons (Fsp3) is 0.406. The van der Waals surface area contributed by atoms with Gasteiger partial charge in [-0.3, -0.25) is 9.09 Å². The molecule has 0 fully saturated rings. The van der Waals surface area contributed by atoms with E-state index in [1.807, 2.05) is 66.7 Å². The molecule has 46 heavy (non-hydrogen) atoms. The smallest absolute Gasteiger partial charge is 0.497 e. The molecule has 3 rings (SSSR count). The van der Waals surface area contributed by atoms with Gasteiger partial charge in [-0.15, -0.1) is 5.10 Å². The first-order valence-corrected chi connectivity index (χ1v) is 29.4. The van der Waals surface area contributed by atoms with Gasteiger partial charge in [-0.1, -0.05) is 66.9 Å². The van der Waals surface area contributed by atoms with E-state index in [0.29, 0.717) is 12.3 Å². The lowest BCUT2D eigenvalue weighted by molar-refractivity contribution is 0.300. The minimum atomic E-state index is -3.69. The topological polar surface area (TPSA) is 72.8 Å². The number of methoxy groups -OCH3 is 1. The van der Waals surface area contributed by atoms with E-state index < -0.39 is 45.3 Å². The standard InChI is InChI=1S/C32H50N3O5P2SSi3/c1-34(33-25-27-17-21-30(37-2)22-18-27)41(43)38-31-23-19-29(20-24-31)32(42(36,39-45(6,7)8)40-46(9,10)11)35(44(3,4)5)26-28-15-13-12-14-16-28/h12-25,32H,26H2,1-11H3/q+1/b33-25+. The number of hydrogen-bond donors (Lipinski definition) is 0. The van der Waals surface area contributed by atoms with E-state index in [-0.39, 0.29) is 0 Å². The van der Waals surface area contributed by atoms with Crippen LogP contribution in [0.1, 0.15) is 22.5 Å². The largest absolute Gasteiger partial charge is 0.540 e. The molecule has 3 aromatic rings. The van der Waals surface area contributed by atoms with E-state index >= 15 is 4.57 Å². The van der Waals surface area contributed by atoms with Crippen LogP contribution in [0.15, 0.2) is 84.0 Å². The molecule has 0 N–H and O–H groups in total. The highest BCUT2D eigenvalue weighted by Crippen LogP contribution is 2.66. The van der Waals surface area contributed by atoms with Gasteiger partial charge in [0.25, 0.3) is 0 Å². The Morgan fingerprint density at radius 3 is 1.83 bits per heavy atom. The molecule has 14 heteroatoms. The summed E-state index contributed by atoms with van der Waals surface area (Å²) >= 11 is 5.68. The second-order valence-corrected chi connectivity index (χ2v) is 32.6. The number of nitrogens with zero attached hydrogens (tertiary/aromatic N) is 3. The van der Waals surface area contributed by atoms with Gasteiger partial charge in [0, 0.05) is 6.54 Å². The lowest BCUT2D eigenvalue weighted by atomic mass is 10.2. The first-order valence-electron chi connectivity index (χ1n) is 15.3. The summed E-state index contributed by atoms with van der Waals surface area (Å²) in [5.41, 5.74) is 2.94. The molecule has 0 bridgehead atoms. The maximum Gasteiger partial charge on any atom is 0.540 e. The number of benzene rings is 3. The van der Waals surface area contributed by atoms with Crippen LogP contribution in [-0.4, -0.2) is 54.6 Å². The molecular formula is C32H50N3O5P2SSi3+. The summed E-state index contributed by atoms with van der Waals surface area (Å²) in [6.07, 6.45) is 1.74. The second kappa shape index (κ2) is 15.9. The molecule has 250 valence electrons. The van der Waals surface area contributed by atoms with Crippen LogP contribution in [0.25, 0.3) is 0 Å². The predicted octanol–water partition coefficient (Wildman–Crippen LogP) is 10.0. The Bertz CT molecular complexity index is 1490. The van der Waals surface area contributed by atoms with Crippen LogP contribution in [-0.2, 0) is 31.3 Å². The van der Waals surface area contributed by atoms with E-state index in [1.54, 1.807) is 25.2 Å². The van der Waals surface area contributed by atoms with Gasteiger partial charge >= 0.3 is 14.7 Å². The van der Waals surface area contributed by atoms with E-state index in [1.165, 1.54) is 0 Å². The molecule has 8 nitrogen and oxygen atoms in total. The summed E-state index contributed by atoms with van der Waals surface area (Å²) < 4.78 is 44.0. The molecule has 0 amide bonds. The van der Waals surface area contributed by atoms with Gasteiger partial charge in [0.15, 0.2) is 22.4 Å². The van der Waals surface area contributed by atoms with E-state index in [4.69, 9.17) is 29.5 Å². The zero-order valence-corrected chi connectivity index (χ0v) is 34.7. The molecule has 2 unspecified atom stereocenters. The Hall–Kier alpha value is -1.99. The minimum absolute atomic E-state index is 0.589. The van der Waals surface area contributed by atoms with Gasteiger partial charge in [0.1, 0.15) is 19.8 Å². The summed E-state index contributed by atoms with van der Waals surface area (Å²) in [6, 6.07) is 25.7. The monoisotopic (exact) mass is 734 g/mol. The van der Waals surface area contributed by atoms with E-state index in [0.717, 1.165) is 22.4 Å². The number of rotatable bonds is 16. The van der Waals surface area contributed by atoms with Crippen LogP contribution in [0, 0.1) is 0 Å². The molecule has 0 spiro atoms. The molecule has 0 saturated carbocycles. The molecule has 0 saturated heterocycles. The maximum atomic E-state index is 15.3. The third-order valence-electron chi connectivity index (χ3n) is 6.54. The molecule has 0 aliphatic rings. The van der Waals surface area contributed by atoms with Crippen molar-refractivity contribution < 1.29 is 22.3 Å². The SMILES string of the molecule is COc1ccc(/C=N/N(C)[P+](=S)Oc2ccc(C(N(Cc3ccccc3)[Si](C)(C)C)P(=O)(O[Si](C)(C)C)O[Si](C)(C)C)cc2)cc1.